The number of fused-ring (bicyclic) bond motifs is 1. The third-order valence-electron chi connectivity index (χ3n) is 4.64. The number of aliphatic hydroxyl groups excluding tert-OH is 1. The summed E-state index contributed by atoms with van der Waals surface area (Å²) in [4.78, 5) is 0. The Morgan fingerprint density at radius 1 is 1.29 bits per heavy atom. The van der Waals surface area contributed by atoms with E-state index in [2.05, 4.69) is 12.2 Å². The predicted octanol–water partition coefficient (Wildman–Crippen LogP) is 2.66. The van der Waals surface area contributed by atoms with E-state index in [1.807, 2.05) is 18.2 Å². The number of hydrogen-bond acceptors (Lipinski definition) is 4. The minimum atomic E-state index is -0.450. The van der Waals surface area contributed by atoms with Crippen LogP contribution >= 0.6 is 0 Å². The summed E-state index contributed by atoms with van der Waals surface area (Å²) in [6, 6.07) is 6.17. The molecule has 2 aliphatic rings. The molecule has 0 radical (unpaired) electrons. The van der Waals surface area contributed by atoms with Crippen molar-refractivity contribution >= 4 is 0 Å². The molecule has 1 aromatic rings. The number of benzene rings is 1. The molecule has 0 amide bonds. The van der Waals surface area contributed by atoms with Gasteiger partial charge in [0.1, 0.15) is 13.2 Å². The number of piperidine rings is 1. The van der Waals surface area contributed by atoms with Crippen LogP contribution in [0.25, 0.3) is 0 Å². The van der Waals surface area contributed by atoms with Crippen LogP contribution in [0.1, 0.15) is 44.3 Å². The highest BCUT2D eigenvalue weighted by Gasteiger charge is 2.24. The molecule has 116 valence electrons. The van der Waals surface area contributed by atoms with Gasteiger partial charge in [-0.15, -0.1) is 0 Å². The normalized spacial score (nSPS) is 26.4. The van der Waals surface area contributed by atoms with E-state index in [-0.39, 0.29) is 0 Å². The van der Waals surface area contributed by atoms with Crippen molar-refractivity contribution in [1.82, 2.24) is 5.32 Å². The van der Waals surface area contributed by atoms with Crippen molar-refractivity contribution in [3.05, 3.63) is 23.8 Å². The largest absolute Gasteiger partial charge is 0.486 e. The van der Waals surface area contributed by atoms with E-state index >= 15 is 0 Å². The fourth-order valence-electron chi connectivity index (χ4n) is 3.32. The first kappa shape index (κ1) is 14.7. The summed E-state index contributed by atoms with van der Waals surface area (Å²) >= 11 is 0. The summed E-state index contributed by atoms with van der Waals surface area (Å²) < 4.78 is 11.1. The van der Waals surface area contributed by atoms with Crippen molar-refractivity contribution in [2.75, 3.05) is 19.8 Å². The second-order valence-electron chi connectivity index (χ2n) is 6.10. The molecule has 3 atom stereocenters. The van der Waals surface area contributed by atoms with Crippen LogP contribution in [0.4, 0.5) is 0 Å². The molecule has 3 rings (SSSR count). The summed E-state index contributed by atoms with van der Waals surface area (Å²) in [5.41, 5.74) is 0.916. The summed E-state index contributed by atoms with van der Waals surface area (Å²) in [6.45, 7) is 4.50. The van der Waals surface area contributed by atoms with Crippen molar-refractivity contribution in [2.24, 2.45) is 5.92 Å². The number of nitrogens with one attached hydrogen (secondary N) is 1. The molecule has 0 aromatic heterocycles. The van der Waals surface area contributed by atoms with Gasteiger partial charge in [-0.05, 0) is 49.4 Å². The van der Waals surface area contributed by atoms with Crippen LogP contribution in [0.5, 0.6) is 11.5 Å². The highest BCUT2D eigenvalue weighted by Crippen LogP contribution is 2.34. The standard InChI is InChI=1S/C17H25NO3/c1-2-12-5-6-18-14(9-12)11-15(19)13-3-4-16-17(10-13)21-8-7-20-16/h3-4,10,12,14-15,18-19H,2,5-9,11H2,1H3. The van der Waals surface area contributed by atoms with Crippen LogP contribution in [0, 0.1) is 5.92 Å². The van der Waals surface area contributed by atoms with Crippen molar-refractivity contribution in [3.8, 4) is 11.5 Å². The van der Waals surface area contributed by atoms with Gasteiger partial charge < -0.3 is 19.9 Å². The summed E-state index contributed by atoms with van der Waals surface area (Å²) in [5.74, 6) is 2.32. The Kier molecular flexibility index (Phi) is 4.66. The Balaban J connectivity index is 1.63. The van der Waals surface area contributed by atoms with Gasteiger partial charge >= 0.3 is 0 Å². The van der Waals surface area contributed by atoms with E-state index < -0.39 is 6.10 Å². The van der Waals surface area contributed by atoms with Crippen molar-refractivity contribution in [2.45, 2.75) is 44.8 Å². The monoisotopic (exact) mass is 291 g/mol. The second kappa shape index (κ2) is 6.67. The highest BCUT2D eigenvalue weighted by molar-refractivity contribution is 5.44. The summed E-state index contributed by atoms with van der Waals surface area (Å²) in [7, 11) is 0. The van der Waals surface area contributed by atoms with E-state index in [4.69, 9.17) is 9.47 Å². The minimum Gasteiger partial charge on any atom is -0.486 e. The molecule has 2 heterocycles. The molecule has 3 unspecified atom stereocenters. The Morgan fingerprint density at radius 2 is 2.10 bits per heavy atom. The lowest BCUT2D eigenvalue weighted by Gasteiger charge is -2.31. The molecule has 0 aliphatic carbocycles. The van der Waals surface area contributed by atoms with Crippen LogP contribution < -0.4 is 14.8 Å². The number of ether oxygens (including phenoxy) is 2. The third kappa shape index (κ3) is 3.50. The maximum atomic E-state index is 10.5. The maximum Gasteiger partial charge on any atom is 0.161 e. The van der Waals surface area contributed by atoms with E-state index in [1.165, 1.54) is 12.8 Å². The molecule has 21 heavy (non-hydrogen) atoms. The molecular weight excluding hydrogens is 266 g/mol. The minimum absolute atomic E-state index is 0.409. The van der Waals surface area contributed by atoms with Crippen LogP contribution in [0.2, 0.25) is 0 Å². The van der Waals surface area contributed by atoms with E-state index in [1.54, 1.807) is 0 Å². The molecule has 4 nitrogen and oxygen atoms in total. The van der Waals surface area contributed by atoms with Gasteiger partial charge in [-0.1, -0.05) is 19.4 Å². The molecule has 2 aliphatic heterocycles. The summed E-state index contributed by atoms with van der Waals surface area (Å²) in [5, 5.41) is 14.0. The smallest absolute Gasteiger partial charge is 0.161 e. The second-order valence-corrected chi connectivity index (χ2v) is 6.10. The molecule has 4 heteroatoms. The van der Waals surface area contributed by atoms with Gasteiger partial charge in [-0.2, -0.15) is 0 Å². The van der Waals surface area contributed by atoms with Crippen LogP contribution in [0.3, 0.4) is 0 Å². The van der Waals surface area contributed by atoms with Crippen LogP contribution in [0.15, 0.2) is 18.2 Å². The lowest BCUT2D eigenvalue weighted by Crippen LogP contribution is -2.38. The molecule has 0 spiro atoms. The van der Waals surface area contributed by atoms with Gasteiger partial charge in [-0.3, -0.25) is 0 Å². The predicted molar refractivity (Wildman–Crippen MR) is 81.8 cm³/mol. The zero-order valence-electron chi connectivity index (χ0n) is 12.7. The van der Waals surface area contributed by atoms with E-state index in [9.17, 15) is 5.11 Å². The van der Waals surface area contributed by atoms with Crippen LogP contribution in [-0.4, -0.2) is 30.9 Å². The molecule has 1 fully saturated rings. The van der Waals surface area contributed by atoms with Gasteiger partial charge in [0.15, 0.2) is 11.5 Å². The SMILES string of the molecule is CCC1CCNC(CC(O)c2ccc3c(c2)OCCO3)C1. The zero-order chi connectivity index (χ0) is 14.7. The molecule has 0 bridgehead atoms. The molecule has 1 saturated heterocycles. The topological polar surface area (TPSA) is 50.7 Å². The van der Waals surface area contributed by atoms with Gasteiger partial charge in [0.25, 0.3) is 0 Å². The first-order valence-corrected chi connectivity index (χ1v) is 8.07. The Hall–Kier alpha value is -1.26. The lowest BCUT2D eigenvalue weighted by atomic mass is 9.87. The Bertz CT molecular complexity index is 477. The van der Waals surface area contributed by atoms with Gasteiger partial charge in [0, 0.05) is 6.04 Å². The third-order valence-corrected chi connectivity index (χ3v) is 4.64. The average Bonchev–Trinajstić information content (AvgIpc) is 2.54. The number of rotatable bonds is 4. The number of hydrogen-bond donors (Lipinski definition) is 2. The Morgan fingerprint density at radius 3 is 2.90 bits per heavy atom. The van der Waals surface area contributed by atoms with E-state index in [0.29, 0.717) is 19.3 Å². The Labute approximate surface area is 126 Å². The number of aliphatic hydroxyl groups is 1. The molecule has 0 saturated carbocycles. The fraction of sp³-hybridized carbons (Fsp3) is 0.647. The first-order valence-electron chi connectivity index (χ1n) is 8.07. The zero-order valence-corrected chi connectivity index (χ0v) is 12.7. The molecule has 1 aromatic carbocycles. The maximum absolute atomic E-state index is 10.5. The van der Waals surface area contributed by atoms with Gasteiger partial charge in [0.2, 0.25) is 0 Å². The molecule has 2 N–H and O–H groups in total. The van der Waals surface area contributed by atoms with Crippen molar-refractivity contribution in [3.63, 3.8) is 0 Å². The van der Waals surface area contributed by atoms with Gasteiger partial charge in [-0.25, -0.2) is 0 Å². The first-order chi connectivity index (χ1) is 10.3. The molecular formula is C17H25NO3. The van der Waals surface area contributed by atoms with Crippen molar-refractivity contribution in [1.29, 1.82) is 0 Å². The lowest BCUT2D eigenvalue weighted by molar-refractivity contribution is 0.134. The van der Waals surface area contributed by atoms with E-state index in [0.717, 1.165) is 42.4 Å². The van der Waals surface area contributed by atoms with Crippen molar-refractivity contribution < 1.29 is 14.6 Å². The quantitative estimate of drug-likeness (QED) is 0.895. The fourth-order valence-corrected chi connectivity index (χ4v) is 3.32. The summed E-state index contributed by atoms with van der Waals surface area (Å²) in [6.07, 6.45) is 3.97. The highest BCUT2D eigenvalue weighted by atomic mass is 16.6. The van der Waals surface area contributed by atoms with Gasteiger partial charge in [0.05, 0.1) is 6.10 Å². The van der Waals surface area contributed by atoms with Crippen LogP contribution in [-0.2, 0) is 0 Å². The average molecular weight is 291 g/mol.